The maximum absolute atomic E-state index is 13.1. The molecular weight excluding hydrogens is 390 g/mol. The summed E-state index contributed by atoms with van der Waals surface area (Å²) in [5.41, 5.74) is 4.10. The van der Waals surface area contributed by atoms with Crippen LogP contribution in [0.2, 0.25) is 0 Å². The Morgan fingerprint density at radius 3 is 1.97 bits per heavy atom. The molecule has 31 heavy (non-hydrogen) atoms. The number of likely N-dealkylation sites (tertiary alicyclic amines) is 1. The lowest BCUT2D eigenvalue weighted by molar-refractivity contribution is -0.115. The van der Waals surface area contributed by atoms with E-state index in [0.717, 1.165) is 38.8 Å². The van der Waals surface area contributed by atoms with Crippen LogP contribution in [-0.2, 0) is 16.0 Å². The number of benzene rings is 2. The van der Waals surface area contributed by atoms with Crippen molar-refractivity contribution >= 4 is 29.1 Å². The van der Waals surface area contributed by atoms with Crippen LogP contribution in [0.4, 0.5) is 11.4 Å². The fourth-order valence-electron chi connectivity index (χ4n) is 4.03. The van der Waals surface area contributed by atoms with Crippen LogP contribution in [0.3, 0.4) is 0 Å². The first kappa shape index (κ1) is 22.5. The van der Waals surface area contributed by atoms with E-state index in [9.17, 15) is 14.4 Å². The summed E-state index contributed by atoms with van der Waals surface area (Å²) in [5, 5.41) is 5.40. The van der Waals surface area contributed by atoms with Crippen molar-refractivity contribution in [1.29, 1.82) is 0 Å². The van der Waals surface area contributed by atoms with Gasteiger partial charge in [-0.1, -0.05) is 29.8 Å². The number of hydrogen-bond donors (Lipinski definition) is 2. The molecule has 0 atom stereocenters. The van der Waals surface area contributed by atoms with E-state index in [1.165, 1.54) is 25.0 Å². The molecule has 2 aromatic rings. The first-order chi connectivity index (χ1) is 14.8. The van der Waals surface area contributed by atoms with Crippen LogP contribution < -0.4 is 10.6 Å². The molecule has 1 heterocycles. The summed E-state index contributed by atoms with van der Waals surface area (Å²) in [4.78, 5) is 37.9. The molecule has 1 aliphatic heterocycles. The second kappa shape index (κ2) is 10.2. The van der Waals surface area contributed by atoms with Crippen LogP contribution in [0.1, 0.15) is 54.6 Å². The Morgan fingerprint density at radius 1 is 0.903 bits per heavy atom. The number of piperidine rings is 1. The van der Waals surface area contributed by atoms with Gasteiger partial charge in [-0.05, 0) is 62.3 Å². The number of carbonyl (C=O) groups is 3. The molecule has 0 saturated carbocycles. The Labute approximate surface area is 184 Å². The molecule has 6 nitrogen and oxygen atoms in total. The molecule has 3 amide bonds. The average Bonchev–Trinajstić information content (AvgIpc) is 2.72. The van der Waals surface area contributed by atoms with Crippen LogP contribution in [0.15, 0.2) is 42.5 Å². The Bertz CT molecular complexity index is 911. The predicted octanol–water partition coefficient (Wildman–Crippen LogP) is 4.40. The van der Waals surface area contributed by atoms with Gasteiger partial charge in [0.25, 0.3) is 5.91 Å². The fourth-order valence-corrected chi connectivity index (χ4v) is 4.03. The molecule has 1 aliphatic rings. The van der Waals surface area contributed by atoms with E-state index in [4.69, 9.17) is 0 Å². The van der Waals surface area contributed by atoms with Crippen molar-refractivity contribution in [2.24, 2.45) is 5.92 Å². The maximum atomic E-state index is 13.1. The zero-order valence-corrected chi connectivity index (χ0v) is 18.5. The van der Waals surface area contributed by atoms with Crippen molar-refractivity contribution in [3.63, 3.8) is 0 Å². The van der Waals surface area contributed by atoms with Gasteiger partial charge in [-0.2, -0.15) is 0 Å². The van der Waals surface area contributed by atoms with E-state index in [1.54, 1.807) is 18.2 Å². The molecule has 164 valence electrons. The largest absolute Gasteiger partial charge is 0.339 e. The molecule has 3 rings (SSSR count). The lowest BCUT2D eigenvalue weighted by Crippen LogP contribution is -2.38. The van der Waals surface area contributed by atoms with Crippen molar-refractivity contribution in [2.45, 2.75) is 46.5 Å². The summed E-state index contributed by atoms with van der Waals surface area (Å²) in [6.07, 6.45) is 4.18. The van der Waals surface area contributed by atoms with E-state index >= 15 is 0 Å². The Kier molecular flexibility index (Phi) is 7.45. The van der Waals surface area contributed by atoms with Gasteiger partial charge >= 0.3 is 0 Å². The second-order valence-corrected chi connectivity index (χ2v) is 8.42. The molecule has 1 saturated heterocycles. The molecule has 0 unspecified atom stereocenters. The number of rotatable bonds is 6. The number of nitrogens with one attached hydrogen (secondary N) is 2. The van der Waals surface area contributed by atoms with E-state index in [2.05, 4.69) is 41.8 Å². The van der Waals surface area contributed by atoms with Gasteiger partial charge in [0.05, 0.1) is 0 Å². The highest BCUT2D eigenvalue weighted by molar-refractivity contribution is 6.00. The molecule has 0 spiro atoms. The summed E-state index contributed by atoms with van der Waals surface area (Å²) < 4.78 is 0. The first-order valence-electron chi connectivity index (χ1n) is 10.9. The molecule has 2 N–H and O–H groups in total. The molecule has 1 fully saturated rings. The molecule has 0 aromatic heterocycles. The summed E-state index contributed by atoms with van der Waals surface area (Å²) in [5.74, 6) is 0.0855. The molecular formula is C25H31N3O3. The normalized spacial score (nSPS) is 14.2. The van der Waals surface area contributed by atoms with Gasteiger partial charge in [0.15, 0.2) is 0 Å². The van der Waals surface area contributed by atoms with Gasteiger partial charge in [-0.15, -0.1) is 0 Å². The van der Waals surface area contributed by atoms with Gasteiger partial charge < -0.3 is 15.5 Å². The van der Waals surface area contributed by atoms with E-state index in [0.29, 0.717) is 22.9 Å². The second-order valence-electron chi connectivity index (χ2n) is 8.42. The SMILES string of the molecule is CC(=O)Nc1cc(NC(C)=O)cc(C(=O)N2CCC(CCc3ccc(C)cc3)CC2)c1. The van der Waals surface area contributed by atoms with Crippen LogP contribution in [-0.4, -0.2) is 35.7 Å². The van der Waals surface area contributed by atoms with Gasteiger partial charge in [0, 0.05) is 43.9 Å². The number of nitrogens with zero attached hydrogens (tertiary/aromatic N) is 1. The Hall–Kier alpha value is -3.15. The molecule has 6 heteroatoms. The van der Waals surface area contributed by atoms with E-state index in [-0.39, 0.29) is 17.7 Å². The topological polar surface area (TPSA) is 78.5 Å². The number of hydrogen-bond acceptors (Lipinski definition) is 3. The molecule has 0 bridgehead atoms. The lowest BCUT2D eigenvalue weighted by Gasteiger charge is -2.32. The molecule has 0 radical (unpaired) electrons. The number of carbonyl (C=O) groups excluding carboxylic acids is 3. The van der Waals surface area contributed by atoms with Crippen molar-refractivity contribution in [1.82, 2.24) is 4.90 Å². The van der Waals surface area contributed by atoms with Crippen LogP contribution in [0.25, 0.3) is 0 Å². The van der Waals surface area contributed by atoms with Crippen molar-refractivity contribution in [3.8, 4) is 0 Å². The lowest BCUT2D eigenvalue weighted by atomic mass is 9.90. The maximum Gasteiger partial charge on any atom is 0.254 e. The van der Waals surface area contributed by atoms with Crippen LogP contribution in [0.5, 0.6) is 0 Å². The Balaban J connectivity index is 1.60. The summed E-state index contributed by atoms with van der Waals surface area (Å²) in [6.45, 7) is 6.36. The van der Waals surface area contributed by atoms with E-state index in [1.807, 2.05) is 4.90 Å². The third-order valence-corrected chi connectivity index (χ3v) is 5.68. The third-order valence-electron chi connectivity index (χ3n) is 5.68. The fraction of sp³-hybridized carbons (Fsp3) is 0.400. The number of aryl methyl sites for hydroxylation is 2. The highest BCUT2D eigenvalue weighted by Gasteiger charge is 2.24. The smallest absolute Gasteiger partial charge is 0.254 e. The zero-order valence-electron chi connectivity index (χ0n) is 18.5. The minimum Gasteiger partial charge on any atom is -0.339 e. The highest BCUT2D eigenvalue weighted by Crippen LogP contribution is 2.26. The zero-order chi connectivity index (χ0) is 22.4. The van der Waals surface area contributed by atoms with Gasteiger partial charge in [0.1, 0.15) is 0 Å². The van der Waals surface area contributed by atoms with E-state index < -0.39 is 0 Å². The minimum absolute atomic E-state index is 0.0733. The predicted molar refractivity (Wildman–Crippen MR) is 123 cm³/mol. The quantitative estimate of drug-likeness (QED) is 0.726. The first-order valence-corrected chi connectivity index (χ1v) is 10.9. The highest BCUT2D eigenvalue weighted by atomic mass is 16.2. The number of anilines is 2. The average molecular weight is 422 g/mol. The third kappa shape index (κ3) is 6.67. The monoisotopic (exact) mass is 421 g/mol. The summed E-state index contributed by atoms with van der Waals surface area (Å²) in [7, 11) is 0. The standard InChI is InChI=1S/C25H31N3O3/c1-17-4-6-20(7-5-17)8-9-21-10-12-28(13-11-21)25(31)22-14-23(26-18(2)29)16-24(15-22)27-19(3)30/h4-7,14-16,21H,8-13H2,1-3H3,(H,26,29)(H,27,30). The van der Waals surface area contributed by atoms with Gasteiger partial charge in [-0.3, -0.25) is 14.4 Å². The van der Waals surface area contributed by atoms with Crippen LogP contribution >= 0.6 is 0 Å². The summed E-state index contributed by atoms with van der Waals surface area (Å²) in [6, 6.07) is 13.7. The summed E-state index contributed by atoms with van der Waals surface area (Å²) >= 11 is 0. The minimum atomic E-state index is -0.229. The Morgan fingerprint density at radius 2 is 1.45 bits per heavy atom. The van der Waals surface area contributed by atoms with Gasteiger partial charge in [0.2, 0.25) is 11.8 Å². The van der Waals surface area contributed by atoms with Crippen molar-refractivity contribution < 1.29 is 14.4 Å². The number of amides is 3. The van der Waals surface area contributed by atoms with Gasteiger partial charge in [-0.25, -0.2) is 0 Å². The molecule has 0 aliphatic carbocycles. The molecule has 2 aromatic carbocycles. The van der Waals surface area contributed by atoms with Crippen LogP contribution in [0, 0.1) is 12.8 Å². The van der Waals surface area contributed by atoms with Crippen molar-refractivity contribution in [2.75, 3.05) is 23.7 Å². The van der Waals surface area contributed by atoms with Crippen molar-refractivity contribution in [3.05, 3.63) is 59.2 Å².